The van der Waals surface area contributed by atoms with Gasteiger partial charge in [-0.2, -0.15) is 0 Å². The summed E-state index contributed by atoms with van der Waals surface area (Å²) >= 11 is 0. The Morgan fingerprint density at radius 1 is 1.33 bits per heavy atom. The third-order valence-electron chi connectivity index (χ3n) is 4.55. The molecular weight excluding hydrogens is 186 g/mol. The second-order valence-electron chi connectivity index (χ2n) is 5.78. The largest absolute Gasteiger partial charge is 0.384 e. The van der Waals surface area contributed by atoms with Crippen LogP contribution in [0.15, 0.2) is 0 Å². The fourth-order valence-corrected chi connectivity index (χ4v) is 3.22. The highest BCUT2D eigenvalue weighted by molar-refractivity contribution is 4.98. The van der Waals surface area contributed by atoms with Crippen molar-refractivity contribution < 1.29 is 4.74 Å². The van der Waals surface area contributed by atoms with E-state index in [1.807, 2.05) is 0 Å². The van der Waals surface area contributed by atoms with Crippen LogP contribution in [-0.4, -0.2) is 19.3 Å². The average Bonchev–Trinajstić information content (AvgIpc) is 3.01. The van der Waals surface area contributed by atoms with E-state index in [0.717, 1.165) is 18.4 Å². The molecule has 2 N–H and O–H groups in total. The van der Waals surface area contributed by atoms with Crippen LogP contribution in [0.1, 0.15) is 45.4 Å². The van der Waals surface area contributed by atoms with Crippen LogP contribution >= 0.6 is 0 Å². The maximum Gasteiger partial charge on any atom is 0.0505 e. The summed E-state index contributed by atoms with van der Waals surface area (Å²) in [5.41, 5.74) is 6.62. The SMILES string of the molecule is COCC(C)C1(N)CCCC(C2CC2)C1. The summed E-state index contributed by atoms with van der Waals surface area (Å²) in [6.45, 7) is 3.06. The summed E-state index contributed by atoms with van der Waals surface area (Å²) in [5, 5.41) is 0. The number of hydrogen-bond acceptors (Lipinski definition) is 2. The van der Waals surface area contributed by atoms with E-state index >= 15 is 0 Å². The zero-order valence-corrected chi connectivity index (χ0v) is 10.2. The van der Waals surface area contributed by atoms with Gasteiger partial charge in [0.2, 0.25) is 0 Å². The lowest BCUT2D eigenvalue weighted by molar-refractivity contribution is 0.0763. The highest BCUT2D eigenvalue weighted by atomic mass is 16.5. The third-order valence-corrected chi connectivity index (χ3v) is 4.55. The Morgan fingerprint density at radius 3 is 2.67 bits per heavy atom. The molecule has 0 aromatic rings. The predicted octanol–water partition coefficient (Wildman–Crippen LogP) is 2.57. The van der Waals surface area contributed by atoms with Crippen molar-refractivity contribution in [2.75, 3.05) is 13.7 Å². The minimum atomic E-state index is 0.0571. The Balaban J connectivity index is 1.93. The number of rotatable bonds is 4. The van der Waals surface area contributed by atoms with Gasteiger partial charge in [0.25, 0.3) is 0 Å². The summed E-state index contributed by atoms with van der Waals surface area (Å²) in [6, 6.07) is 0. The van der Waals surface area contributed by atoms with Gasteiger partial charge in [0.1, 0.15) is 0 Å². The first-order valence-corrected chi connectivity index (χ1v) is 6.43. The molecule has 0 aliphatic heterocycles. The smallest absolute Gasteiger partial charge is 0.0505 e. The molecule has 0 radical (unpaired) electrons. The monoisotopic (exact) mass is 211 g/mol. The van der Waals surface area contributed by atoms with Gasteiger partial charge in [-0.1, -0.05) is 19.8 Å². The Hall–Kier alpha value is -0.0800. The molecule has 2 nitrogen and oxygen atoms in total. The van der Waals surface area contributed by atoms with Crippen LogP contribution in [0.4, 0.5) is 0 Å². The van der Waals surface area contributed by atoms with E-state index in [1.165, 1.54) is 38.5 Å². The lowest BCUT2D eigenvalue weighted by atomic mass is 9.69. The van der Waals surface area contributed by atoms with Gasteiger partial charge in [-0.25, -0.2) is 0 Å². The molecule has 2 rings (SSSR count). The van der Waals surface area contributed by atoms with Crippen molar-refractivity contribution in [1.29, 1.82) is 0 Å². The zero-order valence-electron chi connectivity index (χ0n) is 10.2. The summed E-state index contributed by atoms with van der Waals surface area (Å²) in [4.78, 5) is 0. The summed E-state index contributed by atoms with van der Waals surface area (Å²) < 4.78 is 5.25. The van der Waals surface area contributed by atoms with E-state index in [-0.39, 0.29) is 5.54 Å². The molecule has 0 bridgehead atoms. The van der Waals surface area contributed by atoms with Crippen molar-refractivity contribution in [3.63, 3.8) is 0 Å². The van der Waals surface area contributed by atoms with Crippen molar-refractivity contribution >= 4 is 0 Å². The quantitative estimate of drug-likeness (QED) is 0.775. The van der Waals surface area contributed by atoms with Crippen molar-refractivity contribution in [2.24, 2.45) is 23.5 Å². The highest BCUT2D eigenvalue weighted by Crippen LogP contribution is 2.47. The molecule has 3 unspecified atom stereocenters. The molecule has 0 spiro atoms. The van der Waals surface area contributed by atoms with Gasteiger partial charge in [0.05, 0.1) is 6.61 Å². The van der Waals surface area contributed by atoms with E-state index in [4.69, 9.17) is 10.5 Å². The predicted molar refractivity (Wildman–Crippen MR) is 62.6 cm³/mol. The minimum Gasteiger partial charge on any atom is -0.384 e. The van der Waals surface area contributed by atoms with Gasteiger partial charge < -0.3 is 10.5 Å². The second kappa shape index (κ2) is 4.42. The molecule has 0 saturated heterocycles. The topological polar surface area (TPSA) is 35.2 Å². The molecule has 0 amide bonds. The normalized spacial score (nSPS) is 39.0. The number of ether oxygens (including phenoxy) is 1. The summed E-state index contributed by atoms with van der Waals surface area (Å²) in [6.07, 6.45) is 8.09. The highest BCUT2D eigenvalue weighted by Gasteiger charge is 2.42. The Bertz CT molecular complexity index is 215. The first-order chi connectivity index (χ1) is 7.15. The maximum atomic E-state index is 6.56. The van der Waals surface area contributed by atoms with Gasteiger partial charge in [0.15, 0.2) is 0 Å². The molecule has 2 aliphatic carbocycles. The maximum absolute atomic E-state index is 6.56. The van der Waals surface area contributed by atoms with E-state index in [2.05, 4.69) is 6.92 Å². The third kappa shape index (κ3) is 2.54. The van der Waals surface area contributed by atoms with Crippen molar-refractivity contribution in [3.8, 4) is 0 Å². The zero-order chi connectivity index (χ0) is 10.9. The molecule has 2 heteroatoms. The van der Waals surface area contributed by atoms with Crippen LogP contribution in [0, 0.1) is 17.8 Å². The molecule has 2 aliphatic rings. The fraction of sp³-hybridized carbons (Fsp3) is 1.00. The van der Waals surface area contributed by atoms with Gasteiger partial charge in [-0.3, -0.25) is 0 Å². The van der Waals surface area contributed by atoms with Crippen molar-refractivity contribution in [1.82, 2.24) is 0 Å². The standard InChI is InChI=1S/C13H25NO/c1-10(9-15-2)13(14)7-3-4-12(8-13)11-5-6-11/h10-12H,3-9,14H2,1-2H3. The second-order valence-corrected chi connectivity index (χ2v) is 5.78. The number of nitrogens with two attached hydrogens (primary N) is 1. The molecule has 3 atom stereocenters. The Morgan fingerprint density at radius 2 is 2.07 bits per heavy atom. The van der Waals surface area contributed by atoms with Gasteiger partial charge in [-0.05, 0) is 43.4 Å². The van der Waals surface area contributed by atoms with Crippen molar-refractivity contribution in [2.45, 2.75) is 51.0 Å². The molecule has 0 aromatic heterocycles. The fourth-order valence-electron chi connectivity index (χ4n) is 3.22. The van der Waals surface area contributed by atoms with Crippen LogP contribution in [0.5, 0.6) is 0 Å². The van der Waals surface area contributed by atoms with Gasteiger partial charge in [-0.15, -0.1) is 0 Å². The van der Waals surface area contributed by atoms with E-state index in [9.17, 15) is 0 Å². The van der Waals surface area contributed by atoms with Gasteiger partial charge >= 0.3 is 0 Å². The van der Waals surface area contributed by atoms with E-state index in [1.54, 1.807) is 7.11 Å². The number of hydrogen-bond donors (Lipinski definition) is 1. The molecule has 2 fully saturated rings. The van der Waals surface area contributed by atoms with Crippen LogP contribution in [0.3, 0.4) is 0 Å². The molecule has 0 aromatic carbocycles. The Labute approximate surface area is 93.6 Å². The van der Waals surface area contributed by atoms with Crippen LogP contribution in [-0.2, 0) is 4.74 Å². The molecule has 0 heterocycles. The lowest BCUT2D eigenvalue weighted by Crippen LogP contribution is -2.51. The van der Waals surface area contributed by atoms with Crippen LogP contribution in [0.25, 0.3) is 0 Å². The molecule has 15 heavy (non-hydrogen) atoms. The molecule has 88 valence electrons. The Kier molecular flexibility index (Phi) is 3.36. The summed E-state index contributed by atoms with van der Waals surface area (Å²) in [7, 11) is 1.78. The van der Waals surface area contributed by atoms with Crippen molar-refractivity contribution in [3.05, 3.63) is 0 Å². The summed E-state index contributed by atoms with van der Waals surface area (Å²) in [5.74, 6) is 2.44. The van der Waals surface area contributed by atoms with Crippen LogP contribution in [0.2, 0.25) is 0 Å². The average molecular weight is 211 g/mol. The first-order valence-electron chi connectivity index (χ1n) is 6.43. The minimum absolute atomic E-state index is 0.0571. The van der Waals surface area contributed by atoms with E-state index in [0.29, 0.717) is 5.92 Å². The number of methoxy groups -OCH3 is 1. The first kappa shape index (κ1) is 11.4. The van der Waals surface area contributed by atoms with Gasteiger partial charge in [0, 0.05) is 12.6 Å². The van der Waals surface area contributed by atoms with Crippen LogP contribution < -0.4 is 5.73 Å². The molecular formula is C13H25NO. The van der Waals surface area contributed by atoms with E-state index < -0.39 is 0 Å². The lowest BCUT2D eigenvalue weighted by Gasteiger charge is -2.42. The molecule has 2 saturated carbocycles.